The zero-order valence-corrected chi connectivity index (χ0v) is 10.1. The molecule has 1 atom stereocenters. The van der Waals surface area contributed by atoms with Crippen LogP contribution in [0.25, 0.3) is 0 Å². The zero-order valence-electron chi connectivity index (χ0n) is 10.1. The van der Waals surface area contributed by atoms with Crippen molar-refractivity contribution in [3.05, 3.63) is 34.9 Å². The summed E-state index contributed by atoms with van der Waals surface area (Å²) in [6, 6.07) is 6.22. The summed E-state index contributed by atoms with van der Waals surface area (Å²) in [5, 5.41) is 0. The smallest absolute Gasteiger partial charge is 0.130 e. The van der Waals surface area contributed by atoms with Crippen molar-refractivity contribution in [2.75, 3.05) is 6.54 Å². The average molecular weight is 221 g/mol. The monoisotopic (exact) mass is 221 g/mol. The van der Waals surface area contributed by atoms with Crippen LogP contribution in [0.5, 0.6) is 0 Å². The van der Waals surface area contributed by atoms with Gasteiger partial charge in [-0.1, -0.05) is 23.8 Å². The van der Waals surface area contributed by atoms with Crippen LogP contribution in [0, 0.1) is 19.8 Å². The highest BCUT2D eigenvalue weighted by atomic mass is 19.1. The molecule has 2 rings (SSSR count). The second kappa shape index (κ2) is 4.17. The quantitative estimate of drug-likeness (QED) is 0.831. The lowest BCUT2D eigenvalue weighted by molar-refractivity contribution is 0.142. The highest BCUT2D eigenvalue weighted by Gasteiger charge is 2.44. The SMILES string of the molecule is Cc1ccc(C)c(CC(F)(CN)C2CC2)c1. The maximum atomic E-state index is 14.6. The summed E-state index contributed by atoms with van der Waals surface area (Å²) >= 11 is 0. The first-order valence-electron chi connectivity index (χ1n) is 6.00. The van der Waals surface area contributed by atoms with E-state index in [-0.39, 0.29) is 12.5 Å². The molecular formula is C14H20FN. The van der Waals surface area contributed by atoms with E-state index in [0.717, 1.165) is 18.4 Å². The second-order valence-electron chi connectivity index (χ2n) is 5.12. The first-order valence-corrected chi connectivity index (χ1v) is 6.00. The van der Waals surface area contributed by atoms with Gasteiger partial charge in [0, 0.05) is 13.0 Å². The van der Waals surface area contributed by atoms with Gasteiger partial charge in [-0.15, -0.1) is 0 Å². The van der Waals surface area contributed by atoms with E-state index in [9.17, 15) is 4.39 Å². The molecule has 1 aromatic rings. The standard InChI is InChI=1S/C14H20FN/c1-10-3-4-11(2)12(7-10)8-14(15,9-16)13-5-6-13/h3-4,7,13H,5-6,8-9,16H2,1-2H3. The normalized spacial score (nSPS) is 19.5. The average Bonchev–Trinajstić information content (AvgIpc) is 3.07. The lowest BCUT2D eigenvalue weighted by atomic mass is 9.89. The van der Waals surface area contributed by atoms with Crippen LogP contribution in [0.15, 0.2) is 18.2 Å². The van der Waals surface area contributed by atoms with Gasteiger partial charge in [0.1, 0.15) is 5.67 Å². The largest absolute Gasteiger partial charge is 0.328 e. The molecule has 2 N–H and O–H groups in total. The Labute approximate surface area is 96.9 Å². The maximum absolute atomic E-state index is 14.6. The van der Waals surface area contributed by atoms with Gasteiger partial charge in [0.15, 0.2) is 0 Å². The fourth-order valence-corrected chi connectivity index (χ4v) is 2.29. The van der Waals surface area contributed by atoms with Crippen molar-refractivity contribution < 1.29 is 4.39 Å². The molecule has 2 heteroatoms. The van der Waals surface area contributed by atoms with Gasteiger partial charge >= 0.3 is 0 Å². The Morgan fingerprint density at radius 3 is 2.62 bits per heavy atom. The van der Waals surface area contributed by atoms with Gasteiger partial charge < -0.3 is 5.73 Å². The van der Waals surface area contributed by atoms with Gasteiger partial charge in [0.25, 0.3) is 0 Å². The first kappa shape index (κ1) is 11.6. The van der Waals surface area contributed by atoms with Gasteiger partial charge in [-0.2, -0.15) is 0 Å². The fraction of sp³-hybridized carbons (Fsp3) is 0.571. The van der Waals surface area contributed by atoms with Crippen LogP contribution < -0.4 is 5.73 Å². The van der Waals surface area contributed by atoms with E-state index in [4.69, 9.17) is 5.73 Å². The summed E-state index contributed by atoms with van der Waals surface area (Å²) in [7, 11) is 0. The van der Waals surface area contributed by atoms with Crippen LogP contribution in [0.4, 0.5) is 4.39 Å². The molecule has 0 saturated heterocycles. The van der Waals surface area contributed by atoms with Crippen LogP contribution in [0.2, 0.25) is 0 Å². The van der Waals surface area contributed by atoms with Crippen molar-refractivity contribution in [2.45, 2.75) is 38.8 Å². The number of hydrogen-bond acceptors (Lipinski definition) is 1. The van der Waals surface area contributed by atoms with Crippen LogP contribution >= 0.6 is 0 Å². The summed E-state index contributed by atoms with van der Waals surface area (Å²) in [4.78, 5) is 0. The number of nitrogens with two attached hydrogens (primary N) is 1. The predicted octanol–water partition coefficient (Wildman–Crippen LogP) is 2.92. The molecule has 0 bridgehead atoms. The minimum atomic E-state index is -1.18. The van der Waals surface area contributed by atoms with E-state index in [1.807, 2.05) is 13.8 Å². The third-order valence-corrected chi connectivity index (χ3v) is 3.64. The van der Waals surface area contributed by atoms with Crippen LogP contribution in [0.3, 0.4) is 0 Å². The minimum absolute atomic E-state index is 0.144. The molecule has 1 saturated carbocycles. The number of hydrogen-bond donors (Lipinski definition) is 1. The van der Waals surface area contributed by atoms with Crippen LogP contribution in [-0.4, -0.2) is 12.2 Å². The summed E-state index contributed by atoms with van der Waals surface area (Å²) in [5.74, 6) is 0.192. The highest BCUT2D eigenvalue weighted by molar-refractivity contribution is 5.32. The van der Waals surface area contributed by atoms with E-state index >= 15 is 0 Å². The molecule has 0 radical (unpaired) electrons. The lowest BCUT2D eigenvalue weighted by Gasteiger charge is -2.24. The Morgan fingerprint density at radius 2 is 2.06 bits per heavy atom. The molecule has 16 heavy (non-hydrogen) atoms. The molecule has 1 aromatic carbocycles. The van der Waals surface area contributed by atoms with Crippen LogP contribution in [0.1, 0.15) is 29.5 Å². The van der Waals surface area contributed by atoms with Crippen LogP contribution in [-0.2, 0) is 6.42 Å². The molecule has 0 heterocycles. The summed E-state index contributed by atoms with van der Waals surface area (Å²) < 4.78 is 14.6. The van der Waals surface area contributed by atoms with E-state index < -0.39 is 5.67 Å². The van der Waals surface area contributed by atoms with E-state index in [1.54, 1.807) is 0 Å². The molecule has 1 fully saturated rings. The zero-order chi connectivity index (χ0) is 11.8. The number of alkyl halides is 1. The van der Waals surface area contributed by atoms with Crippen molar-refractivity contribution in [1.29, 1.82) is 0 Å². The molecule has 0 aromatic heterocycles. The molecule has 0 spiro atoms. The third kappa shape index (κ3) is 2.27. The third-order valence-electron chi connectivity index (χ3n) is 3.64. The molecule has 1 nitrogen and oxygen atoms in total. The van der Waals surface area contributed by atoms with E-state index in [1.165, 1.54) is 11.1 Å². The Kier molecular flexibility index (Phi) is 3.02. The number of benzene rings is 1. The van der Waals surface area contributed by atoms with Gasteiger partial charge in [-0.05, 0) is 43.7 Å². The molecule has 1 aliphatic carbocycles. The van der Waals surface area contributed by atoms with Gasteiger partial charge in [0.05, 0.1) is 0 Å². The van der Waals surface area contributed by atoms with Crippen molar-refractivity contribution in [3.63, 3.8) is 0 Å². The van der Waals surface area contributed by atoms with Crippen molar-refractivity contribution in [2.24, 2.45) is 11.7 Å². The Balaban J connectivity index is 2.21. The Hall–Kier alpha value is -0.890. The molecule has 0 aliphatic heterocycles. The molecule has 1 aliphatic rings. The minimum Gasteiger partial charge on any atom is -0.328 e. The summed E-state index contributed by atoms with van der Waals surface area (Å²) in [6.07, 6.45) is 2.47. The number of aryl methyl sites for hydroxylation is 2. The second-order valence-corrected chi connectivity index (χ2v) is 5.12. The molecular weight excluding hydrogens is 201 g/mol. The summed E-state index contributed by atoms with van der Waals surface area (Å²) in [5.41, 5.74) is 7.90. The summed E-state index contributed by atoms with van der Waals surface area (Å²) in [6.45, 7) is 4.23. The molecule has 88 valence electrons. The number of halogens is 1. The first-order chi connectivity index (χ1) is 7.55. The maximum Gasteiger partial charge on any atom is 0.130 e. The van der Waals surface area contributed by atoms with Gasteiger partial charge in [-0.3, -0.25) is 0 Å². The fourth-order valence-electron chi connectivity index (χ4n) is 2.29. The topological polar surface area (TPSA) is 26.0 Å². The predicted molar refractivity (Wildman–Crippen MR) is 65.2 cm³/mol. The van der Waals surface area contributed by atoms with Crippen molar-refractivity contribution >= 4 is 0 Å². The highest BCUT2D eigenvalue weighted by Crippen LogP contribution is 2.43. The van der Waals surface area contributed by atoms with Gasteiger partial charge in [-0.25, -0.2) is 4.39 Å². The van der Waals surface area contributed by atoms with E-state index in [2.05, 4.69) is 18.2 Å². The molecule has 0 amide bonds. The lowest BCUT2D eigenvalue weighted by Crippen LogP contribution is -2.37. The van der Waals surface area contributed by atoms with Gasteiger partial charge in [0.2, 0.25) is 0 Å². The Morgan fingerprint density at radius 1 is 1.38 bits per heavy atom. The van der Waals surface area contributed by atoms with Crippen molar-refractivity contribution in [3.8, 4) is 0 Å². The molecule has 1 unspecified atom stereocenters. The number of rotatable bonds is 4. The van der Waals surface area contributed by atoms with Crippen molar-refractivity contribution in [1.82, 2.24) is 0 Å². The Bertz CT molecular complexity index is 384. The van der Waals surface area contributed by atoms with E-state index in [0.29, 0.717) is 6.42 Å².